The molecule has 5 rings (SSSR count). The number of rotatable bonds is 3. The Labute approximate surface area is 136 Å². The minimum atomic E-state index is -0.803. The fourth-order valence-corrected chi connectivity index (χ4v) is 4.31. The molecule has 3 aliphatic heterocycles. The van der Waals surface area contributed by atoms with Crippen molar-refractivity contribution in [3.63, 3.8) is 0 Å². The van der Waals surface area contributed by atoms with Crippen LogP contribution in [0, 0.1) is 11.8 Å². The molecule has 0 amide bonds. The first-order valence-corrected chi connectivity index (χ1v) is 8.26. The molecule has 4 unspecified atom stereocenters. The van der Waals surface area contributed by atoms with Gasteiger partial charge in [0.1, 0.15) is 11.5 Å². The molecule has 1 aromatic carbocycles. The summed E-state index contributed by atoms with van der Waals surface area (Å²) in [5.74, 6) is 1.24. The maximum atomic E-state index is 11.3. The first kappa shape index (κ1) is 14.7. The van der Waals surface area contributed by atoms with E-state index in [9.17, 15) is 10.2 Å². The summed E-state index contributed by atoms with van der Waals surface area (Å²) in [6.07, 6.45) is 6.30. The Balaban J connectivity index is 1.68. The highest BCUT2D eigenvalue weighted by Crippen LogP contribution is 2.43. The molecule has 0 spiro atoms. The second-order valence-electron chi connectivity index (χ2n) is 6.93. The van der Waals surface area contributed by atoms with Gasteiger partial charge in [-0.15, -0.1) is 6.58 Å². The summed E-state index contributed by atoms with van der Waals surface area (Å²) in [7, 11) is 0. The maximum Gasteiger partial charge on any atom is 0.122 e. The van der Waals surface area contributed by atoms with Crippen LogP contribution in [0.25, 0.3) is 10.9 Å². The van der Waals surface area contributed by atoms with Gasteiger partial charge >= 0.3 is 0 Å². The Kier molecular flexibility index (Phi) is 3.39. The Morgan fingerprint density at radius 3 is 3.00 bits per heavy atom. The number of hydrogen-bond donors (Lipinski definition) is 2. The van der Waals surface area contributed by atoms with Gasteiger partial charge in [-0.25, -0.2) is 0 Å². The Morgan fingerprint density at radius 1 is 1.39 bits per heavy atom. The molecule has 3 fully saturated rings. The monoisotopic (exact) mass is 310 g/mol. The van der Waals surface area contributed by atoms with Crippen molar-refractivity contribution in [2.45, 2.75) is 25.0 Å². The molecular formula is C19H22N2O2. The van der Waals surface area contributed by atoms with Crippen LogP contribution in [0.5, 0.6) is 5.75 Å². The van der Waals surface area contributed by atoms with E-state index in [0.717, 1.165) is 42.4 Å². The lowest BCUT2D eigenvalue weighted by atomic mass is 9.72. The van der Waals surface area contributed by atoms with Crippen molar-refractivity contribution < 1.29 is 10.2 Å². The summed E-state index contributed by atoms with van der Waals surface area (Å²) in [5.41, 5.74) is 1.09. The Hall–Kier alpha value is -1.91. The molecule has 2 N–H and O–H groups in total. The maximum absolute atomic E-state index is 11.3. The molecule has 120 valence electrons. The summed E-state index contributed by atoms with van der Waals surface area (Å²) >= 11 is 0. The van der Waals surface area contributed by atoms with Crippen molar-refractivity contribution in [2.75, 3.05) is 13.1 Å². The second kappa shape index (κ2) is 5.32. The number of fused-ring (bicyclic) bond motifs is 4. The molecule has 0 aliphatic carbocycles. The van der Waals surface area contributed by atoms with Gasteiger partial charge < -0.3 is 10.2 Å². The number of benzene rings is 1. The predicted octanol–water partition coefficient (Wildman–Crippen LogP) is 2.70. The van der Waals surface area contributed by atoms with Crippen LogP contribution in [0.3, 0.4) is 0 Å². The molecule has 2 bridgehead atoms. The number of aliphatic hydroxyl groups is 1. The van der Waals surface area contributed by atoms with E-state index < -0.39 is 5.72 Å². The highest BCUT2D eigenvalue weighted by Gasteiger charge is 2.47. The third-order valence-electron chi connectivity index (χ3n) is 5.58. The molecule has 1 aromatic heterocycles. The zero-order valence-electron chi connectivity index (χ0n) is 13.2. The number of phenols is 1. The molecule has 0 saturated carbocycles. The molecular weight excluding hydrogens is 288 g/mol. The van der Waals surface area contributed by atoms with Crippen molar-refractivity contribution in [1.29, 1.82) is 0 Å². The van der Waals surface area contributed by atoms with Gasteiger partial charge in [-0.2, -0.15) is 0 Å². The largest absolute Gasteiger partial charge is 0.508 e. The van der Waals surface area contributed by atoms with E-state index >= 15 is 0 Å². The van der Waals surface area contributed by atoms with Gasteiger partial charge in [-0.1, -0.05) is 6.08 Å². The number of pyridine rings is 1. The smallest absolute Gasteiger partial charge is 0.122 e. The normalized spacial score (nSPS) is 33.0. The fourth-order valence-electron chi connectivity index (χ4n) is 4.31. The summed E-state index contributed by atoms with van der Waals surface area (Å²) in [6, 6.07) is 7.16. The fraction of sp³-hybridized carbons (Fsp3) is 0.421. The summed E-state index contributed by atoms with van der Waals surface area (Å²) in [5, 5.41) is 22.0. The van der Waals surface area contributed by atoms with Crippen LogP contribution in [0.1, 0.15) is 18.4 Å². The predicted molar refractivity (Wildman–Crippen MR) is 90.0 cm³/mol. The van der Waals surface area contributed by atoms with Crippen LogP contribution in [0.2, 0.25) is 0 Å². The van der Waals surface area contributed by atoms with E-state index in [1.54, 1.807) is 18.3 Å². The number of nitrogens with zero attached hydrogens (tertiary/aromatic N) is 2. The molecule has 4 atom stereocenters. The van der Waals surface area contributed by atoms with E-state index in [1.165, 1.54) is 0 Å². The molecule has 3 saturated heterocycles. The van der Waals surface area contributed by atoms with E-state index in [0.29, 0.717) is 18.3 Å². The third kappa shape index (κ3) is 2.42. The van der Waals surface area contributed by atoms with Crippen molar-refractivity contribution >= 4 is 10.9 Å². The van der Waals surface area contributed by atoms with Crippen molar-refractivity contribution in [3.8, 4) is 5.75 Å². The first-order chi connectivity index (χ1) is 11.1. The van der Waals surface area contributed by atoms with Crippen LogP contribution in [-0.2, 0) is 6.42 Å². The van der Waals surface area contributed by atoms with Crippen molar-refractivity contribution in [3.05, 3.63) is 48.7 Å². The summed E-state index contributed by atoms with van der Waals surface area (Å²) < 4.78 is 0. The second-order valence-corrected chi connectivity index (χ2v) is 6.93. The van der Waals surface area contributed by atoms with Gasteiger partial charge in [-0.05, 0) is 54.5 Å². The highest BCUT2D eigenvalue weighted by atomic mass is 16.3. The van der Waals surface area contributed by atoms with Gasteiger partial charge in [-0.3, -0.25) is 9.88 Å². The lowest BCUT2D eigenvalue weighted by molar-refractivity contribution is -0.182. The zero-order chi connectivity index (χ0) is 16.0. The number of piperidine rings is 3. The van der Waals surface area contributed by atoms with Crippen LogP contribution >= 0.6 is 0 Å². The van der Waals surface area contributed by atoms with Gasteiger partial charge in [0.05, 0.1) is 5.52 Å². The van der Waals surface area contributed by atoms with Crippen LogP contribution in [0.15, 0.2) is 43.1 Å². The van der Waals surface area contributed by atoms with Crippen LogP contribution in [0.4, 0.5) is 0 Å². The van der Waals surface area contributed by atoms with E-state index in [-0.39, 0.29) is 5.75 Å². The van der Waals surface area contributed by atoms with Crippen molar-refractivity contribution in [2.24, 2.45) is 11.8 Å². The lowest BCUT2D eigenvalue weighted by Gasteiger charge is -2.54. The zero-order valence-corrected chi connectivity index (χ0v) is 13.2. The average molecular weight is 310 g/mol. The van der Waals surface area contributed by atoms with Gasteiger partial charge in [0.25, 0.3) is 0 Å². The Morgan fingerprint density at radius 2 is 2.26 bits per heavy atom. The van der Waals surface area contributed by atoms with Gasteiger partial charge in [0.15, 0.2) is 0 Å². The van der Waals surface area contributed by atoms with Crippen LogP contribution < -0.4 is 0 Å². The molecule has 23 heavy (non-hydrogen) atoms. The minimum absolute atomic E-state index is 0.232. The number of aromatic hydroxyl groups is 1. The van der Waals surface area contributed by atoms with E-state index in [4.69, 9.17) is 0 Å². The highest BCUT2D eigenvalue weighted by molar-refractivity contribution is 5.83. The standard InChI is InChI=1S/C19H22N2O2/c1-2-13-12-21-8-6-14(13)10-19(21,23)11-15-5-7-20-18-4-3-16(22)9-17(15)18/h2-5,7,9,13-14,22-23H,1,6,8,10-12H2. The SMILES string of the molecule is C=CC1CN2CCC1CC2(O)Cc1ccnc2ccc(O)cc12. The molecule has 3 aliphatic rings. The van der Waals surface area contributed by atoms with Gasteiger partial charge in [0.2, 0.25) is 0 Å². The van der Waals surface area contributed by atoms with Crippen LogP contribution in [-0.4, -0.2) is 38.9 Å². The quantitative estimate of drug-likeness (QED) is 0.856. The molecule has 4 heterocycles. The Bertz CT molecular complexity index is 760. The summed E-state index contributed by atoms with van der Waals surface area (Å²) in [4.78, 5) is 6.56. The molecule has 2 aromatic rings. The van der Waals surface area contributed by atoms with Gasteiger partial charge in [0, 0.05) is 31.1 Å². The lowest BCUT2D eigenvalue weighted by Crippen LogP contribution is -2.62. The van der Waals surface area contributed by atoms with E-state index in [1.807, 2.05) is 18.2 Å². The van der Waals surface area contributed by atoms with Crippen molar-refractivity contribution in [1.82, 2.24) is 9.88 Å². The average Bonchev–Trinajstić information content (AvgIpc) is 2.55. The number of phenolic OH excluding ortho intramolecular Hbond substituents is 1. The summed E-state index contributed by atoms with van der Waals surface area (Å²) in [6.45, 7) is 5.77. The minimum Gasteiger partial charge on any atom is -0.508 e. The molecule has 4 heteroatoms. The number of hydrogen-bond acceptors (Lipinski definition) is 4. The third-order valence-corrected chi connectivity index (χ3v) is 5.58. The first-order valence-electron chi connectivity index (χ1n) is 8.26. The van der Waals surface area contributed by atoms with E-state index in [2.05, 4.69) is 16.5 Å². The number of aromatic nitrogens is 1. The molecule has 0 radical (unpaired) electrons. The molecule has 4 nitrogen and oxygen atoms in total. The topological polar surface area (TPSA) is 56.6 Å².